The van der Waals surface area contributed by atoms with Crippen LogP contribution in [0.2, 0.25) is 0 Å². The van der Waals surface area contributed by atoms with Crippen molar-refractivity contribution in [3.05, 3.63) is 46.5 Å². The number of aliphatic hydroxyl groups excluding tert-OH is 9. The van der Waals surface area contributed by atoms with Crippen LogP contribution in [0.5, 0.6) is 23.0 Å². The minimum absolute atomic E-state index is 0.00551. The normalized spacial score (nSPS) is 36.2. The summed E-state index contributed by atoms with van der Waals surface area (Å²) in [7, 11) is 2.42. The van der Waals surface area contributed by atoms with Gasteiger partial charge in [0.25, 0.3) is 0 Å². The molecule has 372 valence electrons. The van der Waals surface area contributed by atoms with Gasteiger partial charge in [-0.05, 0) is 49.9 Å². The molecule has 0 bridgehead atoms. The van der Waals surface area contributed by atoms with E-state index < -0.39 is 147 Å². The summed E-state index contributed by atoms with van der Waals surface area (Å²) in [6, 6.07) is 4.98. The second-order valence-corrected chi connectivity index (χ2v) is 16.8. The number of aliphatic hydroxyl groups is 11. The van der Waals surface area contributed by atoms with Crippen molar-refractivity contribution < 1.29 is 123 Å². The molecule has 67 heavy (non-hydrogen) atoms. The fraction of sp³-hybridized carbons (Fsp3) is 0.619. The van der Waals surface area contributed by atoms with Crippen molar-refractivity contribution in [2.24, 2.45) is 0 Å². The first-order chi connectivity index (χ1) is 31.5. The predicted molar refractivity (Wildman–Crippen MR) is 214 cm³/mol. The highest BCUT2D eigenvalue weighted by atomic mass is 16.7. The third-order valence-corrected chi connectivity index (χ3v) is 12.1. The number of carbonyl (C=O) groups excluding carboxylic acids is 3. The molecule has 4 aliphatic rings. The minimum atomic E-state index is -2.33. The lowest BCUT2D eigenvalue weighted by molar-refractivity contribution is -0.278. The fourth-order valence-electron chi connectivity index (χ4n) is 7.85. The molecule has 6 rings (SSSR count). The van der Waals surface area contributed by atoms with Gasteiger partial charge in [0.05, 0.1) is 20.8 Å². The van der Waals surface area contributed by atoms with E-state index in [2.05, 4.69) is 0 Å². The molecule has 16 atom stereocenters. The van der Waals surface area contributed by atoms with E-state index in [1.165, 1.54) is 38.5 Å². The van der Waals surface area contributed by atoms with E-state index >= 15 is 0 Å². The molecule has 4 aliphatic heterocycles. The molecule has 25 nitrogen and oxygen atoms in total. The molecule has 2 aromatic carbocycles. The van der Waals surface area contributed by atoms with Gasteiger partial charge in [-0.25, -0.2) is 9.59 Å². The van der Waals surface area contributed by atoms with Gasteiger partial charge >= 0.3 is 23.9 Å². The Morgan fingerprint density at radius 3 is 1.42 bits per heavy atom. The molecule has 0 saturated carbocycles. The molecule has 0 aliphatic carbocycles. The highest BCUT2D eigenvalue weighted by molar-refractivity contribution is 5.83. The number of rotatable bonds is 17. The summed E-state index contributed by atoms with van der Waals surface area (Å²) >= 11 is 0. The van der Waals surface area contributed by atoms with Crippen LogP contribution < -0.4 is 18.9 Å². The van der Waals surface area contributed by atoms with Crippen LogP contribution in [-0.2, 0) is 55.7 Å². The number of esters is 3. The molecule has 2 aromatic rings. The summed E-state index contributed by atoms with van der Waals surface area (Å²) in [5.41, 5.74) is -4.44. The summed E-state index contributed by atoms with van der Waals surface area (Å²) in [6.45, 7) is 0.532. The van der Waals surface area contributed by atoms with Crippen LogP contribution in [0.3, 0.4) is 0 Å². The zero-order chi connectivity index (χ0) is 49.4. The Balaban J connectivity index is 1.20. The van der Waals surface area contributed by atoms with E-state index in [9.17, 15) is 80.5 Å². The number of aliphatic carboxylic acids is 1. The van der Waals surface area contributed by atoms with E-state index in [1.807, 2.05) is 0 Å². The summed E-state index contributed by atoms with van der Waals surface area (Å²) in [5.74, 6) is -5.02. The van der Waals surface area contributed by atoms with Gasteiger partial charge in [-0.2, -0.15) is 0 Å². The summed E-state index contributed by atoms with van der Waals surface area (Å²) in [4.78, 5) is 49.7. The Bertz CT molecular complexity index is 2140. The van der Waals surface area contributed by atoms with Crippen LogP contribution in [-0.4, -0.2) is 197 Å². The third kappa shape index (κ3) is 10.2. The van der Waals surface area contributed by atoms with Crippen LogP contribution in [0.1, 0.15) is 61.2 Å². The van der Waals surface area contributed by atoms with Gasteiger partial charge in [-0.1, -0.05) is 0 Å². The Kier molecular flexibility index (Phi) is 15.6. The first-order valence-electron chi connectivity index (χ1n) is 20.8. The van der Waals surface area contributed by atoms with Crippen molar-refractivity contribution in [3.8, 4) is 23.0 Å². The monoisotopic (exact) mass is 958 g/mol. The maximum Gasteiger partial charge on any atom is 0.341 e. The number of hydrogen-bond donors (Lipinski definition) is 12. The molecule has 0 radical (unpaired) electrons. The smallest absolute Gasteiger partial charge is 0.341 e. The molecule has 12 N–H and O–H groups in total. The number of ether oxygens (including phenoxy) is 9. The lowest BCUT2D eigenvalue weighted by atomic mass is 9.92. The number of benzene rings is 2. The van der Waals surface area contributed by atoms with Gasteiger partial charge < -0.3 is 104 Å². The van der Waals surface area contributed by atoms with Crippen LogP contribution >= 0.6 is 0 Å². The number of carboxylic acids is 1. The predicted octanol–water partition coefficient (Wildman–Crippen LogP) is -4.32. The lowest BCUT2D eigenvalue weighted by Crippen LogP contribution is -2.60. The van der Waals surface area contributed by atoms with Crippen molar-refractivity contribution in [1.29, 1.82) is 0 Å². The highest BCUT2D eigenvalue weighted by Crippen LogP contribution is 2.45. The van der Waals surface area contributed by atoms with E-state index in [0.29, 0.717) is 0 Å². The molecule has 0 aromatic heterocycles. The molecule has 0 spiro atoms. The standard InChI is InChI=1S/C42H54O25/c1-41(57)35(53)33(66-39(41)55)17-9-15(5-7-25(44)45)19(11-21(17)59-3)63-38-32(52)30(50)28(48)24(65-38)14-61-26(46)8-6-16-10-18(34-36(54)42(2,58)40(56)67-34)22(60-4)12-20(16)62-37-31(51)29(49)27(47)23(13-43)64-37/h9-12,23-24,27-38,43,47-54,57-58H,5-8,13-14H2,1-4H3,(H,44,45)/t23-,24-,27-,28-,29+,30+,31-,32-,33+,34+,35-,36-,37-,38-,41-,42-/m1/s1. The molecule has 25 heteroatoms. The number of hydrogen-bond acceptors (Lipinski definition) is 24. The Morgan fingerprint density at radius 1 is 0.612 bits per heavy atom. The second kappa shape index (κ2) is 20.3. The van der Waals surface area contributed by atoms with Gasteiger partial charge in [0.1, 0.15) is 90.6 Å². The van der Waals surface area contributed by atoms with Gasteiger partial charge in [0.15, 0.2) is 23.4 Å². The van der Waals surface area contributed by atoms with E-state index in [4.69, 9.17) is 42.6 Å². The molecule has 0 unspecified atom stereocenters. The first-order valence-corrected chi connectivity index (χ1v) is 20.8. The van der Waals surface area contributed by atoms with E-state index in [1.54, 1.807) is 0 Å². The minimum Gasteiger partial charge on any atom is -0.496 e. The number of aryl methyl sites for hydroxylation is 2. The maximum absolute atomic E-state index is 13.3. The van der Waals surface area contributed by atoms with Gasteiger partial charge in [0, 0.05) is 36.1 Å². The van der Waals surface area contributed by atoms with Gasteiger partial charge in [0.2, 0.25) is 12.6 Å². The van der Waals surface area contributed by atoms with Crippen LogP contribution in [0.25, 0.3) is 0 Å². The SMILES string of the molecule is COc1cc(O[C@@H]2O[C@H](CO)[C@@H](O)[C@H](O)[C@H]2O)c(CCC(=O)OC[C@H]2O[C@@H](Oc3cc(OC)c([C@@H]4OC(=O)[C@](C)(O)[C@@H]4O)cc3CCC(=O)O)[C@H](O)[C@@H](O)[C@@H]2O)cc1[C@@H]1OC(=O)[C@](C)(O)[C@@H]1O. The molecule has 4 fully saturated rings. The third-order valence-electron chi connectivity index (χ3n) is 12.1. The van der Waals surface area contributed by atoms with Gasteiger partial charge in [-0.15, -0.1) is 0 Å². The summed E-state index contributed by atoms with van der Waals surface area (Å²) < 4.78 is 49.7. The fourth-order valence-corrected chi connectivity index (χ4v) is 7.85. The Labute approximate surface area is 380 Å². The number of carboxylic acid groups (broad SMARTS) is 1. The average molecular weight is 959 g/mol. The largest absolute Gasteiger partial charge is 0.496 e. The highest BCUT2D eigenvalue weighted by Gasteiger charge is 2.56. The zero-order valence-corrected chi connectivity index (χ0v) is 36.3. The van der Waals surface area contributed by atoms with Crippen molar-refractivity contribution in [2.45, 2.75) is 137 Å². The topological polar surface area (TPSA) is 394 Å². The number of methoxy groups -OCH3 is 2. The molecular weight excluding hydrogens is 904 g/mol. The Hall–Kier alpha value is -5.00. The quantitative estimate of drug-likeness (QED) is 0.0527. The van der Waals surface area contributed by atoms with Crippen molar-refractivity contribution in [2.75, 3.05) is 27.4 Å². The van der Waals surface area contributed by atoms with Crippen molar-refractivity contribution in [1.82, 2.24) is 0 Å². The van der Waals surface area contributed by atoms with Gasteiger partial charge in [-0.3, -0.25) is 9.59 Å². The van der Waals surface area contributed by atoms with Crippen LogP contribution in [0, 0.1) is 0 Å². The lowest BCUT2D eigenvalue weighted by Gasteiger charge is -2.40. The van der Waals surface area contributed by atoms with Crippen molar-refractivity contribution in [3.63, 3.8) is 0 Å². The van der Waals surface area contributed by atoms with Crippen molar-refractivity contribution >= 4 is 23.9 Å². The number of cyclic esters (lactones) is 2. The van der Waals surface area contributed by atoms with Crippen LogP contribution in [0.15, 0.2) is 24.3 Å². The van der Waals surface area contributed by atoms with E-state index in [0.717, 1.165) is 13.8 Å². The number of carbonyl (C=O) groups is 4. The first kappa shape index (κ1) is 51.4. The van der Waals surface area contributed by atoms with Crippen LogP contribution in [0.4, 0.5) is 0 Å². The maximum atomic E-state index is 13.3. The van der Waals surface area contributed by atoms with E-state index in [-0.39, 0.29) is 58.1 Å². The zero-order valence-electron chi connectivity index (χ0n) is 36.3. The molecule has 0 amide bonds. The molecular formula is C42H54O25. The Morgan fingerprint density at radius 2 is 1.03 bits per heavy atom. The molecule has 4 saturated heterocycles. The second-order valence-electron chi connectivity index (χ2n) is 16.8. The molecule has 4 heterocycles. The average Bonchev–Trinajstić information content (AvgIpc) is 3.63. The summed E-state index contributed by atoms with van der Waals surface area (Å²) in [6.07, 6.45) is -25.8. The summed E-state index contributed by atoms with van der Waals surface area (Å²) in [5, 5.41) is 126.